The van der Waals surface area contributed by atoms with Crippen molar-refractivity contribution in [3.63, 3.8) is 0 Å². The Bertz CT molecular complexity index is 1610. The van der Waals surface area contributed by atoms with E-state index in [0.717, 1.165) is 10.5 Å². The van der Waals surface area contributed by atoms with Gasteiger partial charge in [0.25, 0.3) is 0 Å². The number of hydrogen-bond acceptors (Lipinski definition) is 8. The highest BCUT2D eigenvalue weighted by Crippen LogP contribution is 2.38. The maximum atomic E-state index is 15.9. The zero-order valence-corrected chi connectivity index (χ0v) is 25.6. The Labute approximate surface area is 261 Å². The molecule has 0 aliphatic rings. The normalized spacial score (nSPS) is 11.0. The molecule has 15 heteroatoms. The summed E-state index contributed by atoms with van der Waals surface area (Å²) in [5, 5.41) is 22.3. The molecule has 0 fully saturated rings. The van der Waals surface area contributed by atoms with Crippen LogP contribution >= 0.6 is 11.8 Å². The number of alkyl halides is 3. The van der Waals surface area contributed by atoms with Gasteiger partial charge < -0.3 is 25.2 Å². The van der Waals surface area contributed by atoms with E-state index in [2.05, 4.69) is 10.2 Å². The SMILES string of the molecule is CCOc1cc(OC(C)C)c(F)c(N(Cc2nc(-c3ccccc3SC)n[nH]2)c2ccc(C(=N)N)cc2)c1.O=C(O)C(F)(F)F. The van der Waals surface area contributed by atoms with Crippen molar-refractivity contribution in [3.8, 4) is 22.9 Å². The summed E-state index contributed by atoms with van der Waals surface area (Å²) in [4.78, 5) is 16.4. The molecular weight excluding hydrogens is 616 g/mol. The van der Waals surface area contributed by atoms with Crippen LogP contribution in [0.1, 0.15) is 32.2 Å². The summed E-state index contributed by atoms with van der Waals surface area (Å²) in [6.45, 7) is 6.15. The van der Waals surface area contributed by atoms with Gasteiger partial charge in [-0.1, -0.05) is 12.1 Å². The highest BCUT2D eigenvalue weighted by atomic mass is 32.2. The maximum Gasteiger partial charge on any atom is 0.490 e. The fraction of sp³-hybridized carbons (Fsp3) is 0.267. The number of nitrogen functional groups attached to an aromatic ring is 1. The number of ether oxygens (including phenoxy) is 2. The Hall–Kier alpha value is -4.79. The van der Waals surface area contributed by atoms with Crippen molar-refractivity contribution in [1.29, 1.82) is 5.41 Å². The molecule has 0 bridgehead atoms. The fourth-order valence-electron chi connectivity index (χ4n) is 3.95. The van der Waals surface area contributed by atoms with Crippen molar-refractivity contribution in [2.45, 2.75) is 44.5 Å². The molecule has 240 valence electrons. The molecule has 0 unspecified atom stereocenters. The summed E-state index contributed by atoms with van der Waals surface area (Å²) in [6.07, 6.45) is -3.31. The first-order valence-electron chi connectivity index (χ1n) is 13.4. The molecule has 0 aliphatic carbocycles. The number of hydrogen-bond donors (Lipinski definition) is 4. The number of aliphatic carboxylic acids is 1. The van der Waals surface area contributed by atoms with Gasteiger partial charge in [0.05, 0.1) is 24.9 Å². The fourth-order valence-corrected chi connectivity index (χ4v) is 4.54. The van der Waals surface area contributed by atoms with Crippen LogP contribution in [0.5, 0.6) is 11.5 Å². The molecule has 4 rings (SSSR count). The zero-order valence-electron chi connectivity index (χ0n) is 24.8. The zero-order chi connectivity index (χ0) is 33.3. The first-order valence-corrected chi connectivity index (χ1v) is 14.7. The van der Waals surface area contributed by atoms with Crippen LogP contribution in [0.2, 0.25) is 0 Å². The van der Waals surface area contributed by atoms with Crippen molar-refractivity contribution in [1.82, 2.24) is 15.2 Å². The Balaban J connectivity index is 0.000000707. The minimum atomic E-state index is -5.08. The van der Waals surface area contributed by atoms with Crippen LogP contribution in [-0.2, 0) is 11.3 Å². The monoisotopic (exact) mass is 648 g/mol. The van der Waals surface area contributed by atoms with Gasteiger partial charge in [-0.05, 0) is 63.4 Å². The number of aromatic amines is 1. The van der Waals surface area contributed by atoms with Crippen LogP contribution < -0.4 is 20.1 Å². The Morgan fingerprint density at radius 2 is 1.80 bits per heavy atom. The molecule has 0 saturated heterocycles. The lowest BCUT2D eigenvalue weighted by molar-refractivity contribution is -0.192. The largest absolute Gasteiger partial charge is 0.494 e. The number of carboxylic acid groups (broad SMARTS) is 1. The van der Waals surface area contributed by atoms with Crippen molar-refractivity contribution in [2.75, 3.05) is 17.8 Å². The van der Waals surface area contributed by atoms with E-state index in [9.17, 15) is 13.2 Å². The number of benzene rings is 3. The van der Waals surface area contributed by atoms with Crippen molar-refractivity contribution in [3.05, 3.63) is 77.9 Å². The van der Waals surface area contributed by atoms with Crippen molar-refractivity contribution < 1.29 is 36.9 Å². The second-order valence-corrected chi connectivity index (χ2v) is 10.4. The molecule has 0 aliphatic heterocycles. The van der Waals surface area contributed by atoms with Gasteiger partial charge in [0, 0.05) is 33.8 Å². The second-order valence-electron chi connectivity index (χ2n) is 9.51. The van der Waals surface area contributed by atoms with Crippen LogP contribution in [0.25, 0.3) is 11.4 Å². The number of halogens is 4. The Kier molecular flexibility index (Phi) is 11.8. The van der Waals surface area contributed by atoms with Crippen LogP contribution in [0.3, 0.4) is 0 Å². The molecule has 0 atom stereocenters. The number of aromatic nitrogens is 3. The molecule has 45 heavy (non-hydrogen) atoms. The number of amidine groups is 1. The predicted octanol–water partition coefficient (Wildman–Crippen LogP) is 6.77. The highest BCUT2D eigenvalue weighted by molar-refractivity contribution is 7.98. The van der Waals surface area contributed by atoms with E-state index in [1.165, 1.54) is 0 Å². The van der Waals surface area contributed by atoms with Crippen LogP contribution in [0.15, 0.2) is 65.6 Å². The number of thioether (sulfide) groups is 1. The van der Waals surface area contributed by atoms with Gasteiger partial charge in [0.2, 0.25) is 0 Å². The summed E-state index contributed by atoms with van der Waals surface area (Å²) in [5.41, 5.74) is 8.05. The number of nitrogens with two attached hydrogens (primary N) is 1. The summed E-state index contributed by atoms with van der Waals surface area (Å²) in [6, 6.07) is 18.1. The number of carbonyl (C=O) groups is 1. The lowest BCUT2D eigenvalue weighted by Gasteiger charge is -2.26. The number of carboxylic acids is 1. The number of anilines is 2. The molecule has 1 aromatic heterocycles. The quantitative estimate of drug-likeness (QED) is 0.0598. The molecule has 5 N–H and O–H groups in total. The smallest absolute Gasteiger partial charge is 0.490 e. The number of nitrogens with one attached hydrogen (secondary N) is 2. The molecule has 1 heterocycles. The third-order valence-electron chi connectivity index (χ3n) is 5.88. The van der Waals surface area contributed by atoms with E-state index in [-0.39, 0.29) is 29.9 Å². The van der Waals surface area contributed by atoms with E-state index < -0.39 is 18.0 Å². The van der Waals surface area contributed by atoms with Gasteiger partial charge in [-0.2, -0.15) is 18.3 Å². The lowest BCUT2D eigenvalue weighted by Crippen LogP contribution is -2.21. The second kappa shape index (κ2) is 15.3. The predicted molar refractivity (Wildman–Crippen MR) is 164 cm³/mol. The number of rotatable bonds is 11. The van der Waals surface area contributed by atoms with E-state index in [1.807, 2.05) is 51.3 Å². The average Bonchev–Trinajstić information content (AvgIpc) is 3.46. The first kappa shape index (κ1) is 34.7. The van der Waals surface area contributed by atoms with Gasteiger partial charge in [-0.15, -0.1) is 11.8 Å². The van der Waals surface area contributed by atoms with Gasteiger partial charge in [-0.25, -0.2) is 14.2 Å². The molecule has 10 nitrogen and oxygen atoms in total. The third-order valence-corrected chi connectivity index (χ3v) is 6.67. The van der Waals surface area contributed by atoms with E-state index in [4.69, 9.17) is 35.5 Å². The van der Waals surface area contributed by atoms with E-state index in [1.54, 1.807) is 53.1 Å². The maximum absolute atomic E-state index is 15.9. The van der Waals surface area contributed by atoms with Crippen LogP contribution in [0.4, 0.5) is 28.9 Å². The lowest BCUT2D eigenvalue weighted by atomic mass is 10.1. The average molecular weight is 649 g/mol. The summed E-state index contributed by atoms with van der Waals surface area (Å²) >= 11 is 1.62. The first-order chi connectivity index (χ1) is 21.2. The van der Waals surface area contributed by atoms with Gasteiger partial charge >= 0.3 is 12.1 Å². The molecular formula is C30H32F4N6O4S. The van der Waals surface area contributed by atoms with Crippen LogP contribution in [-0.4, -0.2) is 57.2 Å². The topological polar surface area (TPSA) is 150 Å². The molecule has 4 aromatic rings. The Morgan fingerprint density at radius 1 is 1.16 bits per heavy atom. The Morgan fingerprint density at radius 3 is 2.36 bits per heavy atom. The molecule has 0 amide bonds. The van der Waals surface area contributed by atoms with Gasteiger partial charge in [-0.3, -0.25) is 10.5 Å². The van der Waals surface area contributed by atoms with E-state index >= 15 is 4.39 Å². The third kappa shape index (κ3) is 9.35. The minimum absolute atomic E-state index is 0.0485. The van der Waals surface area contributed by atoms with Gasteiger partial charge in [0.15, 0.2) is 17.4 Å². The molecule has 0 radical (unpaired) electrons. The molecule has 3 aromatic carbocycles. The number of H-pyrrole nitrogens is 1. The van der Waals surface area contributed by atoms with Crippen molar-refractivity contribution >= 4 is 34.9 Å². The van der Waals surface area contributed by atoms with E-state index in [0.29, 0.717) is 35.3 Å². The summed E-state index contributed by atoms with van der Waals surface area (Å²) < 4.78 is 59.2. The summed E-state index contributed by atoms with van der Waals surface area (Å²) in [7, 11) is 0. The summed E-state index contributed by atoms with van der Waals surface area (Å²) in [5.74, 6) is -1.65. The van der Waals surface area contributed by atoms with Gasteiger partial charge in [0.1, 0.15) is 17.4 Å². The molecule has 0 saturated carbocycles. The van der Waals surface area contributed by atoms with Crippen LogP contribution in [0, 0.1) is 11.2 Å². The minimum Gasteiger partial charge on any atom is -0.494 e. The van der Waals surface area contributed by atoms with Crippen molar-refractivity contribution in [2.24, 2.45) is 5.73 Å². The molecule has 0 spiro atoms. The highest BCUT2D eigenvalue weighted by Gasteiger charge is 2.38. The number of nitrogens with zero attached hydrogens (tertiary/aromatic N) is 3. The standard InChI is InChI=1S/C28H31FN6O2S.C2HF3O2/c1-5-36-20-14-22(26(29)23(15-20)37-17(2)3)35(19-12-10-18(11-13-19)27(30)31)16-25-32-28(34-33-25)21-8-6-7-9-24(21)38-4;3-2(4,5)1(6)7/h6-15,17H,5,16H2,1-4H3,(H3,30,31)(H,32,33,34);(H,6,7).